The summed E-state index contributed by atoms with van der Waals surface area (Å²) in [6.45, 7) is 7.85. The van der Waals surface area contributed by atoms with Crippen LogP contribution < -0.4 is 5.32 Å². The molecule has 8 heteroatoms. The molecule has 0 saturated carbocycles. The SMILES string of the molecule is Cc1cc(C(=O)Nc2cnc3c(cnn3C(C)C)c2)c2c(C)nn(C)c2n1. The Hall–Kier alpha value is -3.29. The maximum Gasteiger partial charge on any atom is 0.256 e. The second kappa shape index (κ2) is 6.15. The van der Waals surface area contributed by atoms with Crippen LogP contribution in [0.1, 0.15) is 41.6 Å². The van der Waals surface area contributed by atoms with E-state index in [2.05, 4.69) is 39.3 Å². The summed E-state index contributed by atoms with van der Waals surface area (Å²) >= 11 is 0. The summed E-state index contributed by atoms with van der Waals surface area (Å²) in [7, 11) is 1.83. The smallest absolute Gasteiger partial charge is 0.256 e. The Morgan fingerprint density at radius 1 is 1.15 bits per heavy atom. The molecule has 0 atom stereocenters. The number of pyridine rings is 2. The van der Waals surface area contributed by atoms with E-state index in [1.54, 1.807) is 23.1 Å². The first kappa shape index (κ1) is 17.1. The third-order valence-electron chi connectivity index (χ3n) is 4.52. The van der Waals surface area contributed by atoms with Gasteiger partial charge in [-0.3, -0.25) is 9.48 Å². The van der Waals surface area contributed by atoms with Gasteiger partial charge in [-0.2, -0.15) is 10.2 Å². The number of nitrogens with one attached hydrogen (secondary N) is 1. The van der Waals surface area contributed by atoms with Crippen molar-refractivity contribution in [1.82, 2.24) is 29.5 Å². The average molecular weight is 363 g/mol. The first-order valence-electron chi connectivity index (χ1n) is 8.80. The summed E-state index contributed by atoms with van der Waals surface area (Å²) in [6, 6.07) is 3.89. The van der Waals surface area contributed by atoms with Crippen LogP contribution >= 0.6 is 0 Å². The van der Waals surface area contributed by atoms with Gasteiger partial charge in [-0.25, -0.2) is 14.6 Å². The van der Waals surface area contributed by atoms with Gasteiger partial charge >= 0.3 is 0 Å². The van der Waals surface area contributed by atoms with Crippen molar-refractivity contribution in [1.29, 1.82) is 0 Å². The van der Waals surface area contributed by atoms with Gasteiger partial charge in [0.15, 0.2) is 11.3 Å². The van der Waals surface area contributed by atoms with Crippen LogP contribution in [0.5, 0.6) is 0 Å². The van der Waals surface area contributed by atoms with Crippen LogP contribution in [0.25, 0.3) is 22.1 Å². The highest BCUT2D eigenvalue weighted by Crippen LogP contribution is 2.24. The maximum absolute atomic E-state index is 13.0. The molecule has 4 aromatic heterocycles. The molecule has 0 fully saturated rings. The van der Waals surface area contributed by atoms with E-state index in [1.165, 1.54) is 0 Å². The summed E-state index contributed by atoms with van der Waals surface area (Å²) in [5, 5.41) is 13.3. The molecule has 1 N–H and O–H groups in total. The topological polar surface area (TPSA) is 90.5 Å². The van der Waals surface area contributed by atoms with Gasteiger partial charge in [0.05, 0.1) is 34.7 Å². The first-order chi connectivity index (χ1) is 12.8. The fourth-order valence-electron chi connectivity index (χ4n) is 3.33. The number of amides is 1. The highest BCUT2D eigenvalue weighted by molar-refractivity contribution is 6.12. The number of nitrogens with zero attached hydrogens (tertiary/aromatic N) is 6. The number of carbonyl (C=O) groups is 1. The lowest BCUT2D eigenvalue weighted by Gasteiger charge is -2.09. The highest BCUT2D eigenvalue weighted by Gasteiger charge is 2.18. The molecule has 4 rings (SSSR count). The molecule has 27 heavy (non-hydrogen) atoms. The summed E-state index contributed by atoms with van der Waals surface area (Å²) in [5.41, 5.74) is 4.22. The van der Waals surface area contributed by atoms with E-state index in [0.717, 1.165) is 27.8 Å². The van der Waals surface area contributed by atoms with E-state index in [9.17, 15) is 4.79 Å². The summed E-state index contributed by atoms with van der Waals surface area (Å²) in [6.07, 6.45) is 3.42. The molecule has 8 nitrogen and oxygen atoms in total. The number of anilines is 1. The molecule has 1 amide bonds. The van der Waals surface area contributed by atoms with Crippen molar-refractivity contribution < 1.29 is 4.79 Å². The second-order valence-electron chi connectivity index (χ2n) is 6.99. The van der Waals surface area contributed by atoms with Gasteiger partial charge in [-0.1, -0.05) is 0 Å². The Morgan fingerprint density at radius 2 is 1.93 bits per heavy atom. The molecular weight excluding hydrogens is 342 g/mol. The van der Waals surface area contributed by atoms with Crippen LogP contribution in [0.4, 0.5) is 5.69 Å². The van der Waals surface area contributed by atoms with E-state index < -0.39 is 0 Å². The summed E-state index contributed by atoms with van der Waals surface area (Å²) < 4.78 is 3.55. The van der Waals surface area contributed by atoms with Crippen LogP contribution in [0, 0.1) is 13.8 Å². The molecule has 4 aromatic rings. The predicted octanol–water partition coefficient (Wildman–Crippen LogP) is 3.16. The zero-order valence-corrected chi connectivity index (χ0v) is 16.0. The zero-order valence-electron chi connectivity index (χ0n) is 16.0. The van der Waals surface area contributed by atoms with Gasteiger partial charge in [-0.05, 0) is 39.8 Å². The largest absolute Gasteiger partial charge is 0.321 e. The lowest BCUT2D eigenvalue weighted by atomic mass is 10.1. The highest BCUT2D eigenvalue weighted by atomic mass is 16.1. The van der Waals surface area contributed by atoms with Crippen LogP contribution in [-0.2, 0) is 7.05 Å². The third kappa shape index (κ3) is 2.83. The van der Waals surface area contributed by atoms with E-state index in [4.69, 9.17) is 0 Å². The lowest BCUT2D eigenvalue weighted by molar-refractivity contribution is 0.102. The summed E-state index contributed by atoms with van der Waals surface area (Å²) in [5.74, 6) is -0.209. The Morgan fingerprint density at radius 3 is 2.67 bits per heavy atom. The number of aromatic nitrogens is 6. The van der Waals surface area contributed by atoms with Crippen molar-refractivity contribution in [3.05, 3.63) is 41.5 Å². The number of rotatable bonds is 3. The molecular formula is C19H21N7O. The Bertz CT molecular complexity index is 1190. The standard InChI is InChI=1S/C19H21N7O/c1-10(2)26-17-13(8-21-26)7-14(9-20-17)23-19(27)15-6-11(3)22-18-16(15)12(4)24-25(18)5/h6-10H,1-5H3,(H,23,27). The van der Waals surface area contributed by atoms with Crippen LogP contribution in [0.3, 0.4) is 0 Å². The quantitative estimate of drug-likeness (QED) is 0.604. The monoisotopic (exact) mass is 363 g/mol. The predicted molar refractivity (Wildman–Crippen MR) is 104 cm³/mol. The minimum atomic E-state index is -0.209. The molecule has 0 spiro atoms. The molecule has 0 aliphatic heterocycles. The van der Waals surface area contributed by atoms with Gasteiger partial charge in [0.1, 0.15) is 0 Å². The van der Waals surface area contributed by atoms with Gasteiger partial charge in [0, 0.05) is 24.2 Å². The molecule has 0 bridgehead atoms. The van der Waals surface area contributed by atoms with Gasteiger partial charge in [0.25, 0.3) is 5.91 Å². The van der Waals surface area contributed by atoms with Crippen LogP contribution in [0.2, 0.25) is 0 Å². The minimum absolute atomic E-state index is 0.209. The first-order valence-corrected chi connectivity index (χ1v) is 8.80. The maximum atomic E-state index is 13.0. The van der Waals surface area contributed by atoms with Gasteiger partial charge in [0.2, 0.25) is 0 Å². The lowest BCUT2D eigenvalue weighted by Crippen LogP contribution is -2.13. The van der Waals surface area contributed by atoms with Crippen molar-refractivity contribution in [2.75, 3.05) is 5.32 Å². The molecule has 0 radical (unpaired) electrons. The van der Waals surface area contributed by atoms with E-state index in [1.807, 2.05) is 31.6 Å². The number of hydrogen-bond acceptors (Lipinski definition) is 5. The average Bonchev–Trinajstić information content (AvgIpc) is 3.15. The molecule has 0 aromatic carbocycles. The molecule has 4 heterocycles. The zero-order chi connectivity index (χ0) is 19.3. The van der Waals surface area contributed by atoms with Gasteiger partial charge < -0.3 is 5.32 Å². The van der Waals surface area contributed by atoms with Crippen molar-refractivity contribution >= 4 is 33.7 Å². The number of aryl methyl sites for hydroxylation is 3. The molecule has 0 unspecified atom stereocenters. The Balaban J connectivity index is 1.72. The Kier molecular flexibility index (Phi) is 3.91. The number of fused-ring (bicyclic) bond motifs is 2. The summed E-state index contributed by atoms with van der Waals surface area (Å²) in [4.78, 5) is 21.9. The molecule has 0 saturated heterocycles. The minimum Gasteiger partial charge on any atom is -0.321 e. The Labute approximate surface area is 156 Å². The van der Waals surface area contributed by atoms with Crippen LogP contribution in [-0.4, -0.2) is 35.4 Å². The van der Waals surface area contributed by atoms with Crippen molar-refractivity contribution in [3.8, 4) is 0 Å². The fraction of sp³-hybridized carbons (Fsp3) is 0.316. The molecule has 0 aliphatic rings. The van der Waals surface area contributed by atoms with Crippen molar-refractivity contribution in [2.24, 2.45) is 7.05 Å². The number of carbonyl (C=O) groups excluding carboxylic acids is 1. The van der Waals surface area contributed by atoms with Crippen LogP contribution in [0.15, 0.2) is 24.5 Å². The normalized spacial score (nSPS) is 11.6. The molecule has 138 valence electrons. The number of hydrogen-bond donors (Lipinski definition) is 1. The molecule has 0 aliphatic carbocycles. The fourth-order valence-corrected chi connectivity index (χ4v) is 3.33. The van der Waals surface area contributed by atoms with E-state index >= 15 is 0 Å². The van der Waals surface area contributed by atoms with Gasteiger partial charge in [-0.15, -0.1) is 0 Å². The second-order valence-corrected chi connectivity index (χ2v) is 6.99. The van der Waals surface area contributed by atoms with Crippen molar-refractivity contribution in [2.45, 2.75) is 33.7 Å². The van der Waals surface area contributed by atoms with E-state index in [0.29, 0.717) is 16.9 Å². The van der Waals surface area contributed by atoms with E-state index in [-0.39, 0.29) is 11.9 Å². The van der Waals surface area contributed by atoms with Crippen molar-refractivity contribution in [3.63, 3.8) is 0 Å². The third-order valence-corrected chi connectivity index (χ3v) is 4.52.